The Morgan fingerprint density at radius 3 is 2.74 bits per heavy atom. The van der Waals surface area contributed by atoms with E-state index in [0.29, 0.717) is 6.54 Å². The van der Waals surface area contributed by atoms with Crippen LogP contribution in [0.2, 0.25) is 0 Å². The number of hydrogen-bond donors (Lipinski definition) is 2. The van der Waals surface area contributed by atoms with Crippen LogP contribution in [-0.4, -0.2) is 30.5 Å². The molecular weight excluding hydrogens is 305 g/mol. The van der Waals surface area contributed by atoms with Crippen LogP contribution in [0.3, 0.4) is 0 Å². The number of hydrogen-bond acceptors (Lipinski definition) is 4. The number of thiazole rings is 1. The minimum Gasteiger partial charge on any atom is -0.355 e. The molecule has 19 heavy (non-hydrogen) atoms. The minimum absolute atomic E-state index is 0. The summed E-state index contributed by atoms with van der Waals surface area (Å²) in [6, 6.07) is 0. The summed E-state index contributed by atoms with van der Waals surface area (Å²) in [6.07, 6.45) is 2.75. The molecule has 0 saturated carbocycles. The van der Waals surface area contributed by atoms with Gasteiger partial charge in [0, 0.05) is 24.3 Å². The topological polar surface area (TPSA) is 54.0 Å². The van der Waals surface area contributed by atoms with Gasteiger partial charge < -0.3 is 10.6 Å². The molecule has 0 bridgehead atoms. The van der Waals surface area contributed by atoms with Gasteiger partial charge in [-0.1, -0.05) is 0 Å². The fraction of sp³-hybridized carbons (Fsp3) is 0.667. The van der Waals surface area contributed by atoms with Gasteiger partial charge in [-0.15, -0.1) is 36.2 Å². The monoisotopic (exact) mass is 325 g/mol. The first-order valence-corrected chi connectivity index (χ1v) is 7.03. The van der Waals surface area contributed by atoms with Crippen LogP contribution in [-0.2, 0) is 11.2 Å². The summed E-state index contributed by atoms with van der Waals surface area (Å²) in [5.41, 5.74) is 1.08. The summed E-state index contributed by atoms with van der Waals surface area (Å²) >= 11 is 1.66. The molecule has 2 rings (SSSR count). The summed E-state index contributed by atoms with van der Waals surface area (Å²) in [5, 5.41) is 9.42. The SMILES string of the molecule is Cc1nc(CCNC(=O)C2CCNCC2)cs1.Cl.Cl. The number of rotatable bonds is 4. The molecule has 0 atom stereocenters. The third-order valence-corrected chi connectivity index (χ3v) is 3.88. The Balaban J connectivity index is 0.00000162. The molecule has 2 heterocycles. The number of halogens is 2. The lowest BCUT2D eigenvalue weighted by Gasteiger charge is -2.21. The zero-order valence-electron chi connectivity index (χ0n) is 11.0. The molecule has 0 aliphatic carbocycles. The number of carbonyl (C=O) groups excluding carboxylic acids is 1. The second-order valence-corrected chi connectivity index (χ2v) is 5.49. The van der Waals surface area contributed by atoms with E-state index in [4.69, 9.17) is 0 Å². The molecule has 0 radical (unpaired) electrons. The third-order valence-electron chi connectivity index (χ3n) is 3.06. The van der Waals surface area contributed by atoms with Crippen LogP contribution in [0.25, 0.3) is 0 Å². The van der Waals surface area contributed by atoms with Gasteiger partial charge in [0.15, 0.2) is 0 Å². The molecule has 4 nitrogen and oxygen atoms in total. The van der Waals surface area contributed by atoms with Crippen LogP contribution >= 0.6 is 36.2 Å². The van der Waals surface area contributed by atoms with E-state index >= 15 is 0 Å². The lowest BCUT2D eigenvalue weighted by molar-refractivity contribution is -0.125. The van der Waals surface area contributed by atoms with Gasteiger partial charge in [-0.05, 0) is 32.9 Å². The van der Waals surface area contributed by atoms with Crippen molar-refractivity contribution in [2.24, 2.45) is 5.92 Å². The average molecular weight is 326 g/mol. The van der Waals surface area contributed by atoms with Gasteiger partial charge in [-0.2, -0.15) is 0 Å². The van der Waals surface area contributed by atoms with Crippen LogP contribution < -0.4 is 10.6 Å². The van der Waals surface area contributed by atoms with Gasteiger partial charge in [0.1, 0.15) is 0 Å². The smallest absolute Gasteiger partial charge is 0.223 e. The first-order valence-electron chi connectivity index (χ1n) is 6.15. The first-order chi connectivity index (χ1) is 8.25. The molecule has 1 amide bonds. The number of aromatic nitrogens is 1. The van der Waals surface area contributed by atoms with Gasteiger partial charge in [0.05, 0.1) is 10.7 Å². The van der Waals surface area contributed by atoms with Gasteiger partial charge in [-0.3, -0.25) is 4.79 Å². The molecule has 1 aromatic rings. The lowest BCUT2D eigenvalue weighted by Crippen LogP contribution is -2.38. The molecule has 2 N–H and O–H groups in total. The predicted octanol–water partition coefficient (Wildman–Crippen LogP) is 1.95. The number of aryl methyl sites for hydroxylation is 1. The Kier molecular flexibility index (Phi) is 9.35. The van der Waals surface area contributed by atoms with Gasteiger partial charge >= 0.3 is 0 Å². The van der Waals surface area contributed by atoms with Crippen LogP contribution in [0.1, 0.15) is 23.5 Å². The number of nitrogens with one attached hydrogen (secondary N) is 2. The third kappa shape index (κ3) is 6.08. The standard InChI is InChI=1S/C12H19N3OS.2ClH/c1-9-15-11(8-17-9)4-7-14-12(16)10-2-5-13-6-3-10;;/h8,10,13H,2-7H2,1H3,(H,14,16);2*1H. The fourth-order valence-electron chi connectivity index (χ4n) is 2.07. The van der Waals surface area contributed by atoms with Crippen molar-refractivity contribution in [1.29, 1.82) is 0 Å². The minimum atomic E-state index is 0. The van der Waals surface area contributed by atoms with E-state index in [1.54, 1.807) is 11.3 Å². The largest absolute Gasteiger partial charge is 0.355 e. The fourth-order valence-corrected chi connectivity index (χ4v) is 2.71. The molecule has 1 saturated heterocycles. The van der Waals surface area contributed by atoms with Crippen molar-refractivity contribution in [3.63, 3.8) is 0 Å². The Hall–Kier alpha value is -0.360. The number of piperidine rings is 1. The molecule has 110 valence electrons. The van der Waals surface area contributed by atoms with E-state index in [9.17, 15) is 4.79 Å². The second kappa shape index (κ2) is 9.53. The van der Waals surface area contributed by atoms with E-state index in [0.717, 1.165) is 43.1 Å². The highest BCUT2D eigenvalue weighted by atomic mass is 35.5. The molecular formula is C12H21Cl2N3OS. The number of amides is 1. The van der Waals surface area contributed by atoms with E-state index in [1.807, 2.05) is 6.92 Å². The zero-order chi connectivity index (χ0) is 12.1. The van der Waals surface area contributed by atoms with Crippen LogP contribution in [0, 0.1) is 12.8 Å². The van der Waals surface area contributed by atoms with Crippen LogP contribution in [0.15, 0.2) is 5.38 Å². The Morgan fingerprint density at radius 1 is 1.47 bits per heavy atom. The number of nitrogens with zero attached hydrogens (tertiary/aromatic N) is 1. The maximum absolute atomic E-state index is 11.8. The maximum atomic E-state index is 11.8. The Morgan fingerprint density at radius 2 is 2.16 bits per heavy atom. The summed E-state index contributed by atoms with van der Waals surface area (Å²) in [7, 11) is 0. The average Bonchev–Trinajstić information content (AvgIpc) is 2.76. The van der Waals surface area contributed by atoms with E-state index in [2.05, 4.69) is 21.0 Å². The van der Waals surface area contributed by atoms with Crippen molar-refractivity contribution in [3.05, 3.63) is 16.1 Å². The Labute approximate surface area is 130 Å². The molecule has 0 aromatic carbocycles. The van der Waals surface area contributed by atoms with Crippen LogP contribution in [0.5, 0.6) is 0 Å². The van der Waals surface area contributed by atoms with Gasteiger partial charge in [0.2, 0.25) is 5.91 Å². The van der Waals surface area contributed by atoms with E-state index in [-0.39, 0.29) is 36.6 Å². The highest BCUT2D eigenvalue weighted by Crippen LogP contribution is 2.11. The van der Waals surface area contributed by atoms with Crippen molar-refractivity contribution in [2.45, 2.75) is 26.2 Å². The molecule has 0 spiro atoms. The quantitative estimate of drug-likeness (QED) is 0.889. The first kappa shape index (κ1) is 18.6. The molecule has 7 heteroatoms. The van der Waals surface area contributed by atoms with Crippen LogP contribution in [0.4, 0.5) is 0 Å². The summed E-state index contributed by atoms with van der Waals surface area (Å²) in [4.78, 5) is 16.2. The predicted molar refractivity (Wildman–Crippen MR) is 83.7 cm³/mol. The normalized spacial score (nSPS) is 15.2. The van der Waals surface area contributed by atoms with Crippen molar-refractivity contribution < 1.29 is 4.79 Å². The highest BCUT2D eigenvalue weighted by Gasteiger charge is 2.20. The highest BCUT2D eigenvalue weighted by molar-refractivity contribution is 7.09. The molecule has 1 fully saturated rings. The Bertz CT molecular complexity index is 381. The van der Waals surface area contributed by atoms with Crippen molar-refractivity contribution >= 4 is 42.1 Å². The zero-order valence-corrected chi connectivity index (χ0v) is 13.4. The summed E-state index contributed by atoms with van der Waals surface area (Å²) in [5.74, 6) is 0.409. The van der Waals surface area contributed by atoms with E-state index < -0.39 is 0 Å². The molecule has 1 aromatic heterocycles. The van der Waals surface area contributed by atoms with Crippen molar-refractivity contribution in [2.75, 3.05) is 19.6 Å². The summed E-state index contributed by atoms with van der Waals surface area (Å²) in [6.45, 7) is 4.63. The lowest BCUT2D eigenvalue weighted by atomic mass is 9.97. The second-order valence-electron chi connectivity index (χ2n) is 4.42. The van der Waals surface area contributed by atoms with Crippen molar-refractivity contribution in [3.8, 4) is 0 Å². The summed E-state index contributed by atoms with van der Waals surface area (Å²) < 4.78 is 0. The molecule has 1 aliphatic rings. The molecule has 0 unspecified atom stereocenters. The van der Waals surface area contributed by atoms with Crippen molar-refractivity contribution in [1.82, 2.24) is 15.6 Å². The molecule has 1 aliphatic heterocycles. The van der Waals surface area contributed by atoms with Gasteiger partial charge in [0.25, 0.3) is 0 Å². The van der Waals surface area contributed by atoms with E-state index in [1.165, 1.54) is 0 Å². The number of carbonyl (C=O) groups is 1. The van der Waals surface area contributed by atoms with Gasteiger partial charge in [-0.25, -0.2) is 4.98 Å². The maximum Gasteiger partial charge on any atom is 0.223 e.